The van der Waals surface area contributed by atoms with Crippen molar-refractivity contribution in [2.24, 2.45) is 0 Å². The van der Waals surface area contributed by atoms with E-state index in [1.54, 1.807) is 0 Å². The number of benzene rings is 1. The molecule has 1 saturated carbocycles. The van der Waals surface area contributed by atoms with Crippen LogP contribution in [0.1, 0.15) is 56.9 Å². The molecule has 0 aliphatic heterocycles. The molecular weight excluding hydrogens is 306 g/mol. The molecule has 5 nitrogen and oxygen atoms in total. The van der Waals surface area contributed by atoms with Gasteiger partial charge in [-0.05, 0) is 50.3 Å². The van der Waals surface area contributed by atoms with Crippen molar-refractivity contribution in [3.63, 3.8) is 0 Å². The molecule has 1 aromatic carbocycles. The zero-order valence-electron chi connectivity index (χ0n) is 14.3. The fourth-order valence-electron chi connectivity index (χ4n) is 3.33. The highest BCUT2D eigenvalue weighted by atomic mass is 16.5. The summed E-state index contributed by atoms with van der Waals surface area (Å²) in [4.78, 5) is 23.2. The van der Waals surface area contributed by atoms with E-state index in [-0.39, 0.29) is 12.3 Å². The first-order chi connectivity index (χ1) is 11.5. The van der Waals surface area contributed by atoms with Gasteiger partial charge >= 0.3 is 5.97 Å². The van der Waals surface area contributed by atoms with Crippen molar-refractivity contribution in [3.05, 3.63) is 29.8 Å². The summed E-state index contributed by atoms with van der Waals surface area (Å²) in [5, 5.41) is 12.0. The average Bonchev–Trinajstić information content (AvgIpc) is 2.94. The Morgan fingerprint density at radius 1 is 1.25 bits per heavy atom. The third kappa shape index (κ3) is 5.87. The van der Waals surface area contributed by atoms with Gasteiger partial charge in [0.25, 0.3) is 0 Å². The number of hydrogen-bond acceptors (Lipinski definition) is 3. The van der Waals surface area contributed by atoms with E-state index in [0.717, 1.165) is 49.8 Å². The fraction of sp³-hybridized carbons (Fsp3) is 0.579. The van der Waals surface area contributed by atoms with E-state index in [1.807, 2.05) is 31.2 Å². The number of nitrogens with one attached hydrogen (secondary N) is 1. The van der Waals surface area contributed by atoms with Crippen molar-refractivity contribution >= 4 is 11.9 Å². The number of ether oxygens (including phenoxy) is 1. The standard InChI is InChI=1S/C19H27NO4/c1-15-7-6-8-16(13-15)24-12-5-2-9-17(21)20-19(14-18(22)23)10-3-4-11-19/h6-8,13H,2-5,9-12,14H2,1H3,(H,20,21)(H,22,23). The normalized spacial score (nSPS) is 15.9. The highest BCUT2D eigenvalue weighted by Crippen LogP contribution is 2.32. The third-order valence-corrected chi connectivity index (χ3v) is 4.51. The van der Waals surface area contributed by atoms with E-state index in [0.29, 0.717) is 13.0 Å². The number of carboxylic acid groups (broad SMARTS) is 1. The number of aryl methyl sites for hydroxylation is 1. The van der Waals surface area contributed by atoms with Gasteiger partial charge in [-0.25, -0.2) is 0 Å². The minimum atomic E-state index is -0.844. The van der Waals surface area contributed by atoms with Crippen LogP contribution in [0, 0.1) is 6.92 Å². The Bertz CT molecular complexity index is 564. The van der Waals surface area contributed by atoms with Gasteiger partial charge in [0.05, 0.1) is 18.6 Å². The zero-order chi connectivity index (χ0) is 17.4. The summed E-state index contributed by atoms with van der Waals surface area (Å²) in [5.41, 5.74) is 0.633. The summed E-state index contributed by atoms with van der Waals surface area (Å²) in [6.07, 6.45) is 5.47. The lowest BCUT2D eigenvalue weighted by atomic mass is 9.93. The number of carbonyl (C=O) groups is 2. The number of carboxylic acids is 1. The van der Waals surface area contributed by atoms with E-state index < -0.39 is 11.5 Å². The van der Waals surface area contributed by atoms with Crippen LogP contribution < -0.4 is 10.1 Å². The zero-order valence-corrected chi connectivity index (χ0v) is 14.3. The number of amides is 1. The van der Waals surface area contributed by atoms with Crippen LogP contribution in [0.5, 0.6) is 5.75 Å². The van der Waals surface area contributed by atoms with E-state index in [4.69, 9.17) is 9.84 Å². The molecule has 0 atom stereocenters. The van der Waals surface area contributed by atoms with Crippen molar-refractivity contribution in [2.45, 2.75) is 63.8 Å². The molecule has 1 fully saturated rings. The van der Waals surface area contributed by atoms with Crippen LogP contribution in [0.3, 0.4) is 0 Å². The van der Waals surface area contributed by atoms with Gasteiger partial charge in [-0.2, -0.15) is 0 Å². The second-order valence-electron chi connectivity index (χ2n) is 6.73. The van der Waals surface area contributed by atoms with Crippen molar-refractivity contribution in [1.82, 2.24) is 5.32 Å². The first-order valence-electron chi connectivity index (χ1n) is 8.71. The number of unbranched alkanes of at least 4 members (excludes halogenated alkanes) is 1. The summed E-state index contributed by atoms with van der Waals surface area (Å²) < 4.78 is 5.67. The van der Waals surface area contributed by atoms with E-state index in [1.165, 1.54) is 0 Å². The molecule has 5 heteroatoms. The molecule has 0 bridgehead atoms. The van der Waals surface area contributed by atoms with Crippen molar-refractivity contribution in [3.8, 4) is 5.75 Å². The first-order valence-corrected chi connectivity index (χ1v) is 8.71. The lowest BCUT2D eigenvalue weighted by Crippen LogP contribution is -2.47. The molecule has 1 amide bonds. The Morgan fingerprint density at radius 2 is 2.00 bits per heavy atom. The lowest BCUT2D eigenvalue weighted by Gasteiger charge is -2.28. The number of aliphatic carboxylic acids is 1. The molecule has 0 saturated heterocycles. The van der Waals surface area contributed by atoms with Gasteiger partial charge in [0, 0.05) is 6.42 Å². The van der Waals surface area contributed by atoms with Crippen molar-refractivity contribution in [2.75, 3.05) is 6.61 Å². The Labute approximate surface area is 143 Å². The Morgan fingerprint density at radius 3 is 2.67 bits per heavy atom. The van der Waals surface area contributed by atoms with Crippen LogP contribution in [0.4, 0.5) is 0 Å². The average molecular weight is 333 g/mol. The van der Waals surface area contributed by atoms with Gasteiger partial charge in [0.15, 0.2) is 0 Å². The minimum Gasteiger partial charge on any atom is -0.494 e. The van der Waals surface area contributed by atoms with Crippen molar-refractivity contribution < 1.29 is 19.4 Å². The van der Waals surface area contributed by atoms with Crippen molar-refractivity contribution in [1.29, 1.82) is 0 Å². The van der Waals surface area contributed by atoms with Crippen LogP contribution in [-0.2, 0) is 9.59 Å². The number of rotatable bonds is 9. The Balaban J connectivity index is 1.66. The second-order valence-corrected chi connectivity index (χ2v) is 6.73. The van der Waals surface area contributed by atoms with Crippen LogP contribution in [0.2, 0.25) is 0 Å². The largest absolute Gasteiger partial charge is 0.494 e. The monoisotopic (exact) mass is 333 g/mol. The van der Waals surface area contributed by atoms with Crippen LogP contribution in [0.25, 0.3) is 0 Å². The minimum absolute atomic E-state index is 0.0230. The Hall–Kier alpha value is -2.04. The molecule has 2 rings (SSSR count). The maximum atomic E-state index is 12.1. The van der Waals surface area contributed by atoms with Gasteiger partial charge in [0.1, 0.15) is 5.75 Å². The predicted molar refractivity (Wildman–Crippen MR) is 92.1 cm³/mol. The predicted octanol–water partition coefficient (Wildman–Crippen LogP) is 3.45. The lowest BCUT2D eigenvalue weighted by molar-refractivity contribution is -0.139. The van der Waals surface area contributed by atoms with Gasteiger partial charge in [-0.15, -0.1) is 0 Å². The third-order valence-electron chi connectivity index (χ3n) is 4.51. The molecule has 1 aliphatic rings. The highest BCUT2D eigenvalue weighted by Gasteiger charge is 2.37. The maximum Gasteiger partial charge on any atom is 0.305 e. The van der Waals surface area contributed by atoms with E-state index >= 15 is 0 Å². The number of carbonyl (C=O) groups excluding carboxylic acids is 1. The molecule has 1 aliphatic carbocycles. The second kappa shape index (κ2) is 8.71. The van der Waals surface area contributed by atoms with Gasteiger partial charge in [0.2, 0.25) is 5.91 Å². The van der Waals surface area contributed by atoms with E-state index in [9.17, 15) is 9.59 Å². The smallest absolute Gasteiger partial charge is 0.305 e. The SMILES string of the molecule is Cc1cccc(OCCCCC(=O)NC2(CC(=O)O)CCCC2)c1. The highest BCUT2D eigenvalue weighted by molar-refractivity contribution is 5.78. The quantitative estimate of drug-likeness (QED) is 0.679. The summed E-state index contributed by atoms with van der Waals surface area (Å²) in [6, 6.07) is 7.90. The molecule has 0 aromatic heterocycles. The van der Waals surface area contributed by atoms with Crippen LogP contribution in [-0.4, -0.2) is 29.1 Å². The molecule has 24 heavy (non-hydrogen) atoms. The summed E-state index contributed by atoms with van der Waals surface area (Å²) >= 11 is 0. The summed E-state index contributed by atoms with van der Waals surface area (Å²) in [7, 11) is 0. The first kappa shape index (κ1) is 18.3. The van der Waals surface area contributed by atoms with Gasteiger partial charge < -0.3 is 15.2 Å². The van der Waals surface area contributed by atoms with Gasteiger partial charge in [-0.1, -0.05) is 25.0 Å². The van der Waals surface area contributed by atoms with Gasteiger partial charge in [-0.3, -0.25) is 9.59 Å². The summed E-state index contributed by atoms with van der Waals surface area (Å²) in [6.45, 7) is 2.60. The molecule has 0 heterocycles. The number of hydrogen-bond donors (Lipinski definition) is 2. The molecule has 1 aromatic rings. The van der Waals surface area contributed by atoms with Crippen LogP contribution >= 0.6 is 0 Å². The molecule has 0 spiro atoms. The Kier molecular flexibility index (Phi) is 6.64. The molecule has 0 radical (unpaired) electrons. The summed E-state index contributed by atoms with van der Waals surface area (Å²) in [5.74, 6) is -0.0386. The molecular formula is C19H27NO4. The maximum absolute atomic E-state index is 12.1. The van der Waals surface area contributed by atoms with Crippen LogP contribution in [0.15, 0.2) is 24.3 Å². The topological polar surface area (TPSA) is 75.6 Å². The fourth-order valence-corrected chi connectivity index (χ4v) is 3.33. The van der Waals surface area contributed by atoms with E-state index in [2.05, 4.69) is 5.32 Å². The molecule has 2 N–H and O–H groups in total. The molecule has 132 valence electrons. The molecule has 0 unspecified atom stereocenters.